The number of ether oxygens (including phenoxy) is 4. The summed E-state index contributed by atoms with van der Waals surface area (Å²) in [4.78, 5) is 28.1. The van der Waals surface area contributed by atoms with Gasteiger partial charge in [-0.3, -0.25) is 9.59 Å². The Morgan fingerprint density at radius 1 is 0.886 bits per heavy atom. The molecule has 0 radical (unpaired) electrons. The Balaban J connectivity index is 1.77. The van der Waals surface area contributed by atoms with Crippen LogP contribution in [0, 0.1) is 5.92 Å². The summed E-state index contributed by atoms with van der Waals surface area (Å²) in [6.07, 6.45) is 1.86. The number of benzene rings is 2. The van der Waals surface area contributed by atoms with Gasteiger partial charge in [-0.05, 0) is 48.6 Å². The fraction of sp³-hybridized carbons (Fsp3) is 0.462. The summed E-state index contributed by atoms with van der Waals surface area (Å²) in [5.74, 6) is 1.30. The van der Waals surface area contributed by atoms with Crippen LogP contribution in [0.25, 0.3) is 0 Å². The lowest BCUT2D eigenvalue weighted by molar-refractivity contribution is 0.0651. The summed E-state index contributed by atoms with van der Waals surface area (Å²) in [5, 5.41) is 19.2. The molecule has 0 saturated carbocycles. The quantitative estimate of drug-likeness (QED) is 0.492. The summed E-state index contributed by atoms with van der Waals surface area (Å²) in [6, 6.07) is 6.44. The number of ketones is 1. The van der Waals surface area contributed by atoms with Crippen molar-refractivity contribution < 1.29 is 38.7 Å². The zero-order valence-electron chi connectivity index (χ0n) is 20.6. The van der Waals surface area contributed by atoms with E-state index in [0.717, 1.165) is 12.8 Å². The van der Waals surface area contributed by atoms with Crippen molar-refractivity contribution in [2.24, 2.45) is 5.92 Å². The second-order valence-electron chi connectivity index (χ2n) is 8.43. The number of rotatable bonds is 10. The average Bonchev–Trinajstić information content (AvgIpc) is 2.90. The van der Waals surface area contributed by atoms with Gasteiger partial charge in [0.1, 0.15) is 5.75 Å². The fourth-order valence-corrected chi connectivity index (χ4v) is 4.55. The summed E-state index contributed by atoms with van der Waals surface area (Å²) >= 11 is 0. The molecule has 1 heterocycles. The van der Waals surface area contributed by atoms with Crippen LogP contribution in [0.1, 0.15) is 51.1 Å². The van der Waals surface area contributed by atoms with Gasteiger partial charge in [0, 0.05) is 36.2 Å². The molecule has 1 amide bonds. The Bertz CT molecular complexity index is 1020. The van der Waals surface area contributed by atoms with Gasteiger partial charge in [-0.1, -0.05) is 0 Å². The molecule has 1 atom stereocenters. The largest absolute Gasteiger partial charge is 0.496 e. The van der Waals surface area contributed by atoms with Crippen LogP contribution in [0.4, 0.5) is 0 Å². The molecule has 35 heavy (non-hydrogen) atoms. The highest BCUT2D eigenvalue weighted by Gasteiger charge is 2.28. The van der Waals surface area contributed by atoms with Crippen molar-refractivity contribution in [2.75, 3.05) is 41.5 Å². The molecule has 3 rings (SSSR count). The molecule has 190 valence electrons. The zero-order chi connectivity index (χ0) is 25.5. The molecule has 1 aliphatic rings. The van der Waals surface area contributed by atoms with Gasteiger partial charge in [-0.25, -0.2) is 0 Å². The molecule has 0 bridgehead atoms. The minimum absolute atomic E-state index is 0.0108. The van der Waals surface area contributed by atoms with Gasteiger partial charge < -0.3 is 34.1 Å². The number of carbonyl (C=O) groups is 2. The fourth-order valence-electron chi connectivity index (χ4n) is 4.55. The molecule has 0 spiro atoms. The van der Waals surface area contributed by atoms with Crippen molar-refractivity contribution in [3.05, 3.63) is 46.5 Å². The van der Waals surface area contributed by atoms with Crippen LogP contribution in [0.3, 0.4) is 0 Å². The Hall–Kier alpha value is -3.30. The van der Waals surface area contributed by atoms with E-state index in [1.807, 2.05) is 0 Å². The predicted molar refractivity (Wildman–Crippen MR) is 129 cm³/mol. The van der Waals surface area contributed by atoms with Crippen molar-refractivity contribution in [2.45, 2.75) is 32.5 Å². The molecule has 9 heteroatoms. The SMILES string of the molecule is COc1cc(C(=O)CC2CCCN(C(=O)c3cc(OC)c(OC)c(OC)c3)C2)cc(CO)c1CO. The first kappa shape index (κ1) is 26.3. The van der Waals surface area contributed by atoms with Crippen molar-refractivity contribution in [3.8, 4) is 23.0 Å². The van der Waals surface area contributed by atoms with E-state index in [1.165, 1.54) is 28.4 Å². The number of likely N-dealkylation sites (tertiary alicyclic amines) is 1. The number of carbonyl (C=O) groups excluding carboxylic acids is 2. The van der Waals surface area contributed by atoms with Crippen molar-refractivity contribution in [1.82, 2.24) is 4.90 Å². The van der Waals surface area contributed by atoms with Crippen LogP contribution < -0.4 is 18.9 Å². The van der Waals surface area contributed by atoms with E-state index in [2.05, 4.69) is 0 Å². The summed E-state index contributed by atoms with van der Waals surface area (Å²) in [7, 11) is 5.96. The predicted octanol–water partition coefficient (Wildman–Crippen LogP) is 2.83. The summed E-state index contributed by atoms with van der Waals surface area (Å²) < 4.78 is 21.4. The second-order valence-corrected chi connectivity index (χ2v) is 8.43. The smallest absolute Gasteiger partial charge is 0.254 e. The molecule has 2 aromatic rings. The molecular weight excluding hydrogens is 454 g/mol. The van der Waals surface area contributed by atoms with E-state index in [-0.39, 0.29) is 37.2 Å². The van der Waals surface area contributed by atoms with Gasteiger partial charge in [0.15, 0.2) is 17.3 Å². The van der Waals surface area contributed by atoms with Crippen LogP contribution in [-0.2, 0) is 13.2 Å². The topological polar surface area (TPSA) is 115 Å². The van der Waals surface area contributed by atoms with Crippen LogP contribution >= 0.6 is 0 Å². The molecule has 1 saturated heterocycles. The number of piperidine rings is 1. The van der Waals surface area contributed by atoms with Crippen LogP contribution in [0.2, 0.25) is 0 Å². The molecule has 9 nitrogen and oxygen atoms in total. The van der Waals surface area contributed by atoms with Crippen LogP contribution in [-0.4, -0.2) is 68.3 Å². The lowest BCUT2D eigenvalue weighted by Crippen LogP contribution is -2.40. The molecule has 0 aromatic heterocycles. The van der Waals surface area contributed by atoms with Crippen LogP contribution in [0.5, 0.6) is 23.0 Å². The summed E-state index contributed by atoms with van der Waals surface area (Å²) in [6.45, 7) is 0.426. The Morgan fingerprint density at radius 2 is 1.51 bits per heavy atom. The number of Topliss-reactive ketones (excluding diaryl/α,β-unsaturated/α-hetero) is 1. The number of methoxy groups -OCH3 is 4. The number of hydrogen-bond donors (Lipinski definition) is 2. The highest BCUT2D eigenvalue weighted by atomic mass is 16.5. The first-order chi connectivity index (χ1) is 16.9. The summed E-state index contributed by atoms with van der Waals surface area (Å²) in [5.41, 5.74) is 1.75. The molecule has 1 fully saturated rings. The van der Waals surface area contributed by atoms with E-state index >= 15 is 0 Å². The van der Waals surface area contributed by atoms with E-state index in [1.54, 1.807) is 29.2 Å². The van der Waals surface area contributed by atoms with E-state index in [9.17, 15) is 19.8 Å². The molecular formula is C26H33NO8. The van der Waals surface area contributed by atoms with Gasteiger partial charge in [0.2, 0.25) is 5.75 Å². The van der Waals surface area contributed by atoms with Gasteiger partial charge in [-0.2, -0.15) is 0 Å². The van der Waals surface area contributed by atoms with Crippen molar-refractivity contribution in [3.63, 3.8) is 0 Å². The molecule has 2 aromatic carbocycles. The van der Waals surface area contributed by atoms with Crippen molar-refractivity contribution >= 4 is 11.7 Å². The van der Waals surface area contributed by atoms with E-state index < -0.39 is 0 Å². The van der Waals surface area contributed by atoms with Gasteiger partial charge in [-0.15, -0.1) is 0 Å². The van der Waals surface area contributed by atoms with Gasteiger partial charge >= 0.3 is 0 Å². The molecule has 1 unspecified atom stereocenters. The number of hydrogen-bond acceptors (Lipinski definition) is 8. The lowest BCUT2D eigenvalue weighted by atomic mass is 9.89. The molecule has 2 N–H and O–H groups in total. The molecule has 0 aliphatic carbocycles. The normalized spacial score (nSPS) is 15.5. The van der Waals surface area contributed by atoms with E-state index in [0.29, 0.717) is 58.3 Å². The maximum Gasteiger partial charge on any atom is 0.254 e. The second kappa shape index (κ2) is 11.9. The first-order valence-corrected chi connectivity index (χ1v) is 11.4. The van der Waals surface area contributed by atoms with Crippen molar-refractivity contribution in [1.29, 1.82) is 0 Å². The highest BCUT2D eigenvalue weighted by molar-refractivity contribution is 5.97. The highest BCUT2D eigenvalue weighted by Crippen LogP contribution is 2.39. The standard InChI is InChI=1S/C26H33NO8/c1-32-22-10-17(9-19(14-28)20(22)15-29)21(30)8-16-6-5-7-27(13-16)26(31)18-11-23(33-2)25(35-4)24(12-18)34-3/h9-12,16,28-29H,5-8,13-15H2,1-4H3. The Morgan fingerprint density at radius 3 is 2.06 bits per heavy atom. The first-order valence-electron chi connectivity index (χ1n) is 11.4. The number of aliphatic hydroxyl groups is 2. The number of amides is 1. The van der Waals surface area contributed by atoms with Gasteiger partial charge in [0.05, 0.1) is 41.7 Å². The third-order valence-electron chi connectivity index (χ3n) is 6.36. The zero-order valence-corrected chi connectivity index (χ0v) is 20.6. The number of nitrogens with zero attached hydrogens (tertiary/aromatic N) is 1. The molecule has 1 aliphatic heterocycles. The number of aliphatic hydroxyl groups excluding tert-OH is 2. The minimum atomic E-state index is -0.312. The maximum absolute atomic E-state index is 13.3. The lowest BCUT2D eigenvalue weighted by Gasteiger charge is -2.33. The third-order valence-corrected chi connectivity index (χ3v) is 6.36. The monoisotopic (exact) mass is 487 g/mol. The maximum atomic E-state index is 13.3. The van der Waals surface area contributed by atoms with E-state index in [4.69, 9.17) is 18.9 Å². The minimum Gasteiger partial charge on any atom is -0.496 e. The third kappa shape index (κ3) is 5.68. The van der Waals surface area contributed by atoms with Crippen LogP contribution in [0.15, 0.2) is 24.3 Å². The van der Waals surface area contributed by atoms with Gasteiger partial charge in [0.25, 0.3) is 5.91 Å². The Labute approximate surface area is 205 Å². The Kier molecular flexibility index (Phi) is 8.95. The average molecular weight is 488 g/mol.